The lowest BCUT2D eigenvalue weighted by atomic mass is 10.1. The molecule has 0 unspecified atom stereocenters. The van der Waals surface area contributed by atoms with E-state index in [2.05, 4.69) is 20.1 Å². The van der Waals surface area contributed by atoms with E-state index in [9.17, 15) is 4.39 Å². The van der Waals surface area contributed by atoms with Crippen LogP contribution in [0.25, 0.3) is 22.5 Å². The van der Waals surface area contributed by atoms with Gasteiger partial charge in [-0.3, -0.25) is 9.67 Å². The van der Waals surface area contributed by atoms with Gasteiger partial charge in [-0.25, -0.2) is 14.4 Å². The quantitative estimate of drug-likeness (QED) is 0.765. The molecule has 0 aliphatic carbocycles. The Balaban J connectivity index is 2.22. The highest BCUT2D eigenvalue weighted by molar-refractivity contribution is 5.78. The molecule has 100 valence electrons. The Morgan fingerprint density at radius 2 is 2.10 bits per heavy atom. The summed E-state index contributed by atoms with van der Waals surface area (Å²) < 4.78 is 15.5. The van der Waals surface area contributed by atoms with Crippen LogP contribution in [0, 0.1) is 5.82 Å². The van der Waals surface area contributed by atoms with Gasteiger partial charge in [-0.15, -0.1) is 0 Å². The molecule has 0 fully saturated rings. The summed E-state index contributed by atoms with van der Waals surface area (Å²) in [6, 6.07) is 3.64. The number of rotatable bonds is 2. The van der Waals surface area contributed by atoms with Gasteiger partial charge in [0.15, 0.2) is 5.82 Å². The van der Waals surface area contributed by atoms with Gasteiger partial charge in [0.05, 0.1) is 6.20 Å². The lowest BCUT2D eigenvalue weighted by Gasteiger charge is -2.03. The molecule has 0 aliphatic rings. The third-order valence-electron chi connectivity index (χ3n) is 2.78. The normalized spacial score (nSPS) is 10.7. The second kappa shape index (κ2) is 4.69. The number of pyridine rings is 1. The minimum Gasteiger partial charge on any atom is -0.368 e. The Labute approximate surface area is 114 Å². The average molecular weight is 270 g/mol. The number of aryl methyl sites for hydroxylation is 1. The van der Waals surface area contributed by atoms with Gasteiger partial charge in [-0.1, -0.05) is 0 Å². The molecule has 3 aromatic heterocycles. The molecule has 0 bridgehead atoms. The first kappa shape index (κ1) is 12.2. The van der Waals surface area contributed by atoms with Crippen LogP contribution in [-0.2, 0) is 7.05 Å². The van der Waals surface area contributed by atoms with E-state index in [1.165, 1.54) is 0 Å². The summed E-state index contributed by atoms with van der Waals surface area (Å²) in [5, 5.41) is 4.34. The van der Waals surface area contributed by atoms with Crippen molar-refractivity contribution in [2.24, 2.45) is 7.05 Å². The molecule has 3 aromatic rings. The third-order valence-corrected chi connectivity index (χ3v) is 2.78. The molecule has 0 radical (unpaired) electrons. The minimum atomic E-state index is -0.544. The number of nitrogens with zero attached hydrogens (tertiary/aromatic N) is 5. The Hall–Kier alpha value is -2.83. The van der Waals surface area contributed by atoms with Crippen LogP contribution in [0.3, 0.4) is 0 Å². The summed E-state index contributed by atoms with van der Waals surface area (Å²) in [7, 11) is 1.76. The molecule has 7 heteroatoms. The van der Waals surface area contributed by atoms with Crippen molar-refractivity contribution in [3.8, 4) is 22.5 Å². The molecule has 0 aliphatic heterocycles. The molecule has 0 amide bonds. The first-order valence-corrected chi connectivity index (χ1v) is 5.87. The maximum absolute atomic E-state index is 13.9. The molecule has 6 nitrogen and oxygen atoms in total. The third kappa shape index (κ3) is 2.09. The van der Waals surface area contributed by atoms with E-state index in [0.29, 0.717) is 11.3 Å². The van der Waals surface area contributed by atoms with E-state index in [1.54, 1.807) is 36.4 Å². The van der Waals surface area contributed by atoms with Gasteiger partial charge < -0.3 is 5.73 Å². The standard InChI is InChI=1S/C13H11FN6/c1-20-7-9(12-10(14)6-17-13(15)18-12)11(19-20)8-3-2-4-16-5-8/h2-7H,1H3,(H2,15,17,18). The minimum absolute atomic E-state index is 0.0161. The SMILES string of the molecule is Cn1cc(-c2nc(N)ncc2F)c(-c2cccnc2)n1. The van der Waals surface area contributed by atoms with Crippen molar-refractivity contribution < 1.29 is 4.39 Å². The van der Waals surface area contributed by atoms with Gasteiger partial charge in [0.25, 0.3) is 0 Å². The number of nitrogens with two attached hydrogens (primary N) is 1. The van der Waals surface area contributed by atoms with Crippen LogP contribution in [0.4, 0.5) is 10.3 Å². The van der Waals surface area contributed by atoms with E-state index in [0.717, 1.165) is 11.8 Å². The topological polar surface area (TPSA) is 82.5 Å². The predicted molar refractivity (Wildman–Crippen MR) is 71.8 cm³/mol. The molecule has 2 N–H and O–H groups in total. The molecule has 20 heavy (non-hydrogen) atoms. The van der Waals surface area contributed by atoms with Crippen molar-refractivity contribution in [1.82, 2.24) is 24.7 Å². The van der Waals surface area contributed by atoms with Gasteiger partial charge in [0.2, 0.25) is 5.95 Å². The molecular weight excluding hydrogens is 259 g/mol. The maximum atomic E-state index is 13.9. The van der Waals surface area contributed by atoms with Gasteiger partial charge in [0.1, 0.15) is 11.4 Å². The van der Waals surface area contributed by atoms with Crippen LogP contribution in [0.15, 0.2) is 36.9 Å². The molecular formula is C13H11FN6. The molecule has 3 rings (SSSR count). The number of anilines is 1. The zero-order chi connectivity index (χ0) is 14.1. The van der Waals surface area contributed by atoms with Crippen molar-refractivity contribution in [1.29, 1.82) is 0 Å². The molecule has 3 heterocycles. The van der Waals surface area contributed by atoms with Gasteiger partial charge in [0, 0.05) is 36.8 Å². The summed E-state index contributed by atoms with van der Waals surface area (Å²) in [6.45, 7) is 0. The van der Waals surface area contributed by atoms with Crippen LogP contribution in [0.2, 0.25) is 0 Å². The highest BCUT2D eigenvalue weighted by Crippen LogP contribution is 2.30. The Bertz CT molecular complexity index is 753. The van der Waals surface area contributed by atoms with Crippen LogP contribution in [0.1, 0.15) is 0 Å². The van der Waals surface area contributed by atoms with Crippen molar-refractivity contribution in [2.75, 3.05) is 5.73 Å². The highest BCUT2D eigenvalue weighted by atomic mass is 19.1. The van der Waals surface area contributed by atoms with Crippen LogP contribution < -0.4 is 5.73 Å². The smallest absolute Gasteiger partial charge is 0.220 e. The summed E-state index contributed by atoms with van der Waals surface area (Å²) in [6.07, 6.45) is 6.06. The molecule has 0 atom stereocenters. The number of nitrogen functional groups attached to an aromatic ring is 1. The van der Waals surface area contributed by atoms with Gasteiger partial charge in [-0.05, 0) is 12.1 Å². The van der Waals surface area contributed by atoms with Crippen LogP contribution in [-0.4, -0.2) is 24.7 Å². The van der Waals surface area contributed by atoms with Crippen LogP contribution >= 0.6 is 0 Å². The van der Waals surface area contributed by atoms with Crippen LogP contribution in [0.5, 0.6) is 0 Å². The van der Waals surface area contributed by atoms with Crippen molar-refractivity contribution in [2.45, 2.75) is 0 Å². The first-order chi connectivity index (χ1) is 9.65. The first-order valence-electron chi connectivity index (χ1n) is 5.87. The zero-order valence-corrected chi connectivity index (χ0v) is 10.7. The summed E-state index contributed by atoms with van der Waals surface area (Å²) in [4.78, 5) is 11.6. The van der Waals surface area contributed by atoms with Gasteiger partial charge >= 0.3 is 0 Å². The van der Waals surface area contributed by atoms with Crippen molar-refractivity contribution in [3.63, 3.8) is 0 Å². The maximum Gasteiger partial charge on any atom is 0.220 e. The lowest BCUT2D eigenvalue weighted by Crippen LogP contribution is -1.99. The average Bonchev–Trinajstić information content (AvgIpc) is 2.84. The zero-order valence-electron chi connectivity index (χ0n) is 10.7. The monoisotopic (exact) mass is 270 g/mol. The van der Waals surface area contributed by atoms with E-state index < -0.39 is 5.82 Å². The predicted octanol–water partition coefficient (Wildman–Crippen LogP) is 1.66. The summed E-state index contributed by atoms with van der Waals surface area (Å²) >= 11 is 0. The lowest BCUT2D eigenvalue weighted by molar-refractivity contribution is 0.619. The number of aromatic nitrogens is 5. The fraction of sp³-hybridized carbons (Fsp3) is 0.0769. The largest absolute Gasteiger partial charge is 0.368 e. The molecule has 0 spiro atoms. The van der Waals surface area contributed by atoms with Crippen molar-refractivity contribution in [3.05, 3.63) is 42.7 Å². The number of hydrogen-bond acceptors (Lipinski definition) is 5. The van der Waals surface area contributed by atoms with E-state index in [-0.39, 0.29) is 11.6 Å². The second-order valence-corrected chi connectivity index (χ2v) is 4.23. The fourth-order valence-electron chi connectivity index (χ4n) is 1.95. The van der Waals surface area contributed by atoms with Gasteiger partial charge in [-0.2, -0.15) is 5.10 Å². The Kier molecular flexibility index (Phi) is 2.86. The highest BCUT2D eigenvalue weighted by Gasteiger charge is 2.17. The molecule has 0 aromatic carbocycles. The summed E-state index contributed by atoms with van der Waals surface area (Å²) in [5.41, 5.74) is 7.58. The fourth-order valence-corrected chi connectivity index (χ4v) is 1.95. The van der Waals surface area contributed by atoms with E-state index in [1.807, 2.05) is 6.07 Å². The van der Waals surface area contributed by atoms with E-state index >= 15 is 0 Å². The Morgan fingerprint density at radius 1 is 1.25 bits per heavy atom. The molecule has 0 saturated carbocycles. The van der Waals surface area contributed by atoms with Crippen molar-refractivity contribution >= 4 is 5.95 Å². The van der Waals surface area contributed by atoms with E-state index in [4.69, 9.17) is 5.73 Å². The number of halogens is 1. The number of hydrogen-bond donors (Lipinski definition) is 1. The second-order valence-electron chi connectivity index (χ2n) is 4.23. The summed E-state index contributed by atoms with van der Waals surface area (Å²) in [5.74, 6) is -0.528. The Morgan fingerprint density at radius 3 is 2.85 bits per heavy atom. The molecule has 0 saturated heterocycles.